The van der Waals surface area contributed by atoms with Crippen LogP contribution in [0.3, 0.4) is 0 Å². The highest BCUT2D eigenvalue weighted by Gasteiger charge is 2.41. The Morgan fingerprint density at radius 2 is 1.92 bits per heavy atom. The second-order valence-corrected chi connectivity index (χ2v) is 5.15. The van der Waals surface area contributed by atoms with Gasteiger partial charge in [0.15, 0.2) is 17.6 Å². The Kier molecular flexibility index (Phi) is 3.09. The first-order valence-electron chi connectivity index (χ1n) is 7.14. The predicted octanol–water partition coefficient (Wildman–Crippen LogP) is 1.58. The third-order valence-electron chi connectivity index (χ3n) is 3.66. The fourth-order valence-electron chi connectivity index (χ4n) is 2.56. The molecule has 2 N–H and O–H groups in total. The van der Waals surface area contributed by atoms with Crippen molar-refractivity contribution in [3.63, 3.8) is 0 Å². The Hall–Kier alpha value is -3.55. The van der Waals surface area contributed by atoms with Gasteiger partial charge in [0, 0.05) is 0 Å². The van der Waals surface area contributed by atoms with E-state index in [0.29, 0.717) is 11.4 Å². The molecule has 2 aliphatic heterocycles. The SMILES string of the molecule is N=C1C2N=C(c3ccco3)NC(=O)C2=NC(=O)N1c1ccccc1. The van der Waals surface area contributed by atoms with E-state index in [1.165, 1.54) is 6.26 Å². The lowest BCUT2D eigenvalue weighted by Gasteiger charge is -2.32. The van der Waals surface area contributed by atoms with Crippen molar-refractivity contribution in [1.29, 1.82) is 5.41 Å². The van der Waals surface area contributed by atoms with Gasteiger partial charge in [-0.15, -0.1) is 0 Å². The predicted molar refractivity (Wildman–Crippen MR) is 86.7 cm³/mol. The zero-order valence-electron chi connectivity index (χ0n) is 12.3. The minimum atomic E-state index is -0.961. The maximum absolute atomic E-state index is 12.3. The molecule has 0 saturated heterocycles. The average Bonchev–Trinajstić information content (AvgIpc) is 3.11. The Morgan fingerprint density at radius 1 is 1.12 bits per heavy atom. The standard InChI is InChI=1S/C16H11N5O3/c17-13-11-12(15(22)20-14(18-11)10-7-4-8-24-10)19-16(23)21(13)9-5-2-1-3-6-9/h1-8,11,17H,(H,18,20,22). The normalized spacial score (nSPS) is 20.2. The van der Waals surface area contributed by atoms with Gasteiger partial charge in [0.1, 0.15) is 11.5 Å². The molecule has 3 amide bonds. The van der Waals surface area contributed by atoms with Crippen LogP contribution in [0.25, 0.3) is 0 Å². The smallest absolute Gasteiger partial charge is 0.354 e. The number of hydrogen-bond acceptors (Lipinski definition) is 5. The number of amidine groups is 2. The van der Waals surface area contributed by atoms with Crippen LogP contribution in [0.5, 0.6) is 0 Å². The number of hydrogen-bond donors (Lipinski definition) is 2. The van der Waals surface area contributed by atoms with Crippen molar-refractivity contribution in [2.24, 2.45) is 9.98 Å². The number of furan rings is 1. The van der Waals surface area contributed by atoms with Crippen LogP contribution in [0, 0.1) is 5.41 Å². The molecule has 1 aromatic heterocycles. The van der Waals surface area contributed by atoms with Crippen LogP contribution in [0.15, 0.2) is 63.1 Å². The van der Waals surface area contributed by atoms with Crippen LogP contribution in [-0.4, -0.2) is 35.4 Å². The third-order valence-corrected chi connectivity index (χ3v) is 3.66. The fraction of sp³-hybridized carbons (Fsp3) is 0.0625. The first-order valence-corrected chi connectivity index (χ1v) is 7.14. The van der Waals surface area contributed by atoms with Crippen molar-refractivity contribution in [3.05, 3.63) is 54.5 Å². The number of fused-ring (bicyclic) bond motifs is 1. The van der Waals surface area contributed by atoms with Crippen LogP contribution >= 0.6 is 0 Å². The summed E-state index contributed by atoms with van der Waals surface area (Å²) in [5, 5.41) is 10.9. The molecule has 0 bridgehead atoms. The molecule has 0 radical (unpaired) electrons. The summed E-state index contributed by atoms with van der Waals surface area (Å²) in [6, 6.07) is 10.3. The number of carbonyl (C=O) groups excluding carboxylic acids is 2. The van der Waals surface area contributed by atoms with Crippen molar-refractivity contribution in [3.8, 4) is 0 Å². The lowest BCUT2D eigenvalue weighted by molar-refractivity contribution is -0.113. The second kappa shape index (κ2) is 5.27. The summed E-state index contributed by atoms with van der Waals surface area (Å²) in [6.45, 7) is 0. The molecule has 0 aliphatic carbocycles. The van der Waals surface area contributed by atoms with Gasteiger partial charge in [0.25, 0.3) is 5.91 Å². The maximum Gasteiger partial charge on any atom is 0.354 e. The highest BCUT2D eigenvalue weighted by atomic mass is 16.3. The molecule has 2 aliphatic rings. The van der Waals surface area contributed by atoms with E-state index in [9.17, 15) is 9.59 Å². The monoisotopic (exact) mass is 321 g/mol. The first kappa shape index (κ1) is 14.1. The Balaban J connectivity index is 1.79. The Labute approximate surface area is 136 Å². The van der Waals surface area contributed by atoms with Crippen molar-refractivity contribution in [1.82, 2.24) is 5.32 Å². The topological polar surface area (TPSA) is 111 Å². The molecule has 0 fully saturated rings. The van der Waals surface area contributed by atoms with E-state index in [0.717, 1.165) is 4.90 Å². The molecule has 118 valence electrons. The molecule has 1 aromatic carbocycles. The number of nitrogens with one attached hydrogen (secondary N) is 2. The Morgan fingerprint density at radius 3 is 2.62 bits per heavy atom. The molecule has 4 rings (SSSR count). The molecule has 8 heteroatoms. The van der Waals surface area contributed by atoms with Crippen LogP contribution < -0.4 is 10.2 Å². The van der Waals surface area contributed by atoms with E-state index in [1.54, 1.807) is 42.5 Å². The van der Waals surface area contributed by atoms with Crippen LogP contribution in [-0.2, 0) is 4.79 Å². The first-order chi connectivity index (χ1) is 11.6. The second-order valence-electron chi connectivity index (χ2n) is 5.15. The van der Waals surface area contributed by atoms with E-state index in [-0.39, 0.29) is 17.4 Å². The number of nitrogens with zero attached hydrogens (tertiary/aromatic N) is 3. The van der Waals surface area contributed by atoms with Gasteiger partial charge < -0.3 is 9.73 Å². The summed E-state index contributed by atoms with van der Waals surface area (Å²) in [6.07, 6.45) is 1.46. The highest BCUT2D eigenvalue weighted by Crippen LogP contribution is 2.23. The largest absolute Gasteiger partial charge is 0.461 e. The molecular weight excluding hydrogens is 310 g/mol. The van der Waals surface area contributed by atoms with Gasteiger partial charge in [-0.1, -0.05) is 18.2 Å². The van der Waals surface area contributed by atoms with Crippen molar-refractivity contribution in [2.75, 3.05) is 4.90 Å². The van der Waals surface area contributed by atoms with Crippen molar-refractivity contribution < 1.29 is 14.0 Å². The van der Waals surface area contributed by atoms with E-state index in [4.69, 9.17) is 9.83 Å². The molecule has 24 heavy (non-hydrogen) atoms. The van der Waals surface area contributed by atoms with E-state index >= 15 is 0 Å². The van der Waals surface area contributed by atoms with E-state index in [2.05, 4.69) is 15.3 Å². The zero-order valence-corrected chi connectivity index (χ0v) is 12.3. The summed E-state index contributed by atoms with van der Waals surface area (Å²) in [4.78, 5) is 33.8. The van der Waals surface area contributed by atoms with Gasteiger partial charge in [-0.3, -0.25) is 10.2 Å². The van der Waals surface area contributed by atoms with Gasteiger partial charge in [-0.05, 0) is 24.3 Å². The number of carbonyl (C=O) groups is 2. The number of para-hydroxylation sites is 1. The minimum absolute atomic E-state index is 0.0903. The summed E-state index contributed by atoms with van der Waals surface area (Å²) < 4.78 is 5.23. The van der Waals surface area contributed by atoms with Crippen molar-refractivity contribution >= 4 is 35.0 Å². The van der Waals surface area contributed by atoms with E-state index < -0.39 is 18.0 Å². The van der Waals surface area contributed by atoms with E-state index in [1.807, 2.05) is 0 Å². The molecule has 1 unspecified atom stereocenters. The Bertz CT molecular complexity index is 899. The average molecular weight is 321 g/mol. The van der Waals surface area contributed by atoms with Crippen LogP contribution in [0.2, 0.25) is 0 Å². The lowest BCUT2D eigenvalue weighted by atomic mass is 10.0. The highest BCUT2D eigenvalue weighted by molar-refractivity contribution is 6.53. The molecule has 0 spiro atoms. The number of anilines is 1. The van der Waals surface area contributed by atoms with Gasteiger partial charge in [0.05, 0.1) is 12.0 Å². The van der Waals surface area contributed by atoms with Crippen molar-refractivity contribution in [2.45, 2.75) is 6.04 Å². The van der Waals surface area contributed by atoms with Gasteiger partial charge >= 0.3 is 6.03 Å². The van der Waals surface area contributed by atoms with Gasteiger partial charge in [-0.2, -0.15) is 4.99 Å². The molecule has 3 heterocycles. The number of benzene rings is 1. The maximum atomic E-state index is 12.3. The molecular formula is C16H11N5O3. The zero-order chi connectivity index (χ0) is 16.7. The summed E-state index contributed by atoms with van der Waals surface area (Å²) in [5.74, 6) is -0.110. The summed E-state index contributed by atoms with van der Waals surface area (Å²) in [7, 11) is 0. The number of rotatable bonds is 2. The third kappa shape index (κ3) is 2.12. The summed E-state index contributed by atoms with van der Waals surface area (Å²) >= 11 is 0. The number of aliphatic imine (C=N–C) groups is 2. The van der Waals surface area contributed by atoms with Gasteiger partial charge in [-0.25, -0.2) is 14.7 Å². The fourth-order valence-corrected chi connectivity index (χ4v) is 2.56. The molecule has 1 atom stereocenters. The minimum Gasteiger partial charge on any atom is -0.461 e. The van der Waals surface area contributed by atoms with Crippen LogP contribution in [0.4, 0.5) is 10.5 Å². The number of urea groups is 1. The summed E-state index contributed by atoms with van der Waals surface area (Å²) in [5.41, 5.74) is 0.406. The van der Waals surface area contributed by atoms with Gasteiger partial charge in [0.2, 0.25) is 0 Å². The quantitative estimate of drug-likeness (QED) is 0.875. The molecule has 2 aromatic rings. The molecule has 0 saturated carbocycles. The lowest BCUT2D eigenvalue weighted by Crippen LogP contribution is -2.57. The number of amides is 3. The molecule has 8 nitrogen and oxygen atoms in total. The van der Waals surface area contributed by atoms with Crippen LogP contribution in [0.1, 0.15) is 5.76 Å².